The molecule has 1 aromatic carbocycles. The van der Waals surface area contributed by atoms with Crippen LogP contribution >= 0.6 is 23.1 Å². The summed E-state index contributed by atoms with van der Waals surface area (Å²) in [5.41, 5.74) is -0.187. The molecule has 0 aliphatic heterocycles. The number of hydrogen-bond acceptors (Lipinski definition) is 8. The molecule has 8 nitrogen and oxygen atoms in total. The topological polar surface area (TPSA) is 115 Å². The fraction of sp³-hybridized carbons (Fsp3) is 0.231. The number of ether oxygens (including phenoxy) is 1. The molecule has 0 saturated carbocycles. The van der Waals surface area contributed by atoms with Crippen LogP contribution in [0.1, 0.15) is 27.8 Å². The summed E-state index contributed by atoms with van der Waals surface area (Å²) in [6.45, 7) is 1.78. The number of anilines is 1. The molecule has 2 rings (SSSR count). The van der Waals surface area contributed by atoms with Gasteiger partial charge in [0.15, 0.2) is 14.8 Å². The van der Waals surface area contributed by atoms with Crippen molar-refractivity contribution in [3.8, 4) is 0 Å². The minimum atomic E-state index is -3.50. The van der Waals surface area contributed by atoms with Crippen molar-refractivity contribution in [2.45, 2.75) is 11.8 Å². The van der Waals surface area contributed by atoms with Crippen LogP contribution in [0.4, 0.5) is 5.00 Å². The Morgan fingerprint density at radius 2 is 2.08 bits per heavy atom. The van der Waals surface area contributed by atoms with E-state index in [4.69, 9.17) is 16.3 Å². The summed E-state index contributed by atoms with van der Waals surface area (Å²) < 4.78 is 31.6. The number of esters is 1. The normalized spacial score (nSPS) is 11.1. The number of carbonyl (C=O) groups is 2. The lowest BCUT2D eigenvalue weighted by Crippen LogP contribution is -2.16. The minimum absolute atomic E-state index is 0.0508. The Morgan fingerprint density at radius 3 is 2.71 bits per heavy atom. The van der Waals surface area contributed by atoms with Gasteiger partial charge >= 0.3 is 5.97 Å². The third-order valence-corrected chi connectivity index (χ3v) is 4.88. The molecule has 1 N–H and O–H groups in total. The molecule has 1 amide bonds. The summed E-state index contributed by atoms with van der Waals surface area (Å²) >= 11 is 6.75. The Morgan fingerprint density at radius 1 is 1.38 bits per heavy atom. The quantitative estimate of drug-likeness (QED) is 0.777. The molecule has 0 radical (unpaired) electrons. The van der Waals surface area contributed by atoms with Crippen molar-refractivity contribution in [1.82, 2.24) is 9.59 Å². The van der Waals surface area contributed by atoms with Gasteiger partial charge < -0.3 is 10.1 Å². The summed E-state index contributed by atoms with van der Waals surface area (Å²) in [6.07, 6.45) is 1.02. The van der Waals surface area contributed by atoms with Gasteiger partial charge in [0.25, 0.3) is 5.91 Å². The first-order chi connectivity index (χ1) is 11.2. The van der Waals surface area contributed by atoms with E-state index in [-0.39, 0.29) is 32.8 Å². The largest absolute Gasteiger partial charge is 0.461 e. The highest BCUT2D eigenvalue weighted by Crippen LogP contribution is 2.24. The van der Waals surface area contributed by atoms with Crippen LogP contribution in [-0.2, 0) is 14.6 Å². The molecular formula is C13H12ClN3O5S2. The molecule has 0 spiro atoms. The van der Waals surface area contributed by atoms with Gasteiger partial charge in [0.2, 0.25) is 5.69 Å². The van der Waals surface area contributed by atoms with Gasteiger partial charge in [0.05, 0.1) is 22.1 Å². The van der Waals surface area contributed by atoms with E-state index in [2.05, 4.69) is 14.9 Å². The van der Waals surface area contributed by atoms with Crippen molar-refractivity contribution in [3.63, 3.8) is 0 Å². The molecule has 0 unspecified atom stereocenters. The summed E-state index contributed by atoms with van der Waals surface area (Å²) in [7, 11) is -3.50. The van der Waals surface area contributed by atoms with Crippen molar-refractivity contribution in [3.05, 3.63) is 34.5 Å². The highest BCUT2D eigenvalue weighted by Gasteiger charge is 2.22. The molecule has 0 bridgehead atoms. The van der Waals surface area contributed by atoms with E-state index < -0.39 is 21.7 Å². The second kappa shape index (κ2) is 7.24. The lowest BCUT2D eigenvalue weighted by atomic mass is 10.2. The van der Waals surface area contributed by atoms with Crippen molar-refractivity contribution < 1.29 is 22.7 Å². The van der Waals surface area contributed by atoms with E-state index in [1.54, 1.807) is 6.92 Å². The number of hydrogen-bond donors (Lipinski definition) is 1. The van der Waals surface area contributed by atoms with E-state index in [1.807, 2.05) is 0 Å². The predicted octanol–water partition coefficient (Wildman–Crippen LogP) is 2.02. The molecule has 11 heteroatoms. The lowest BCUT2D eigenvalue weighted by Gasteiger charge is -2.07. The first-order valence-electron chi connectivity index (χ1n) is 6.54. The number of carbonyl (C=O) groups excluding carboxylic acids is 2. The molecule has 0 aliphatic carbocycles. The molecule has 0 saturated heterocycles. The zero-order valence-corrected chi connectivity index (χ0v) is 15.0. The third kappa shape index (κ3) is 4.08. The number of sulfone groups is 1. The second-order valence-electron chi connectivity index (χ2n) is 4.54. The van der Waals surface area contributed by atoms with Crippen LogP contribution in [0.2, 0.25) is 5.02 Å². The number of amides is 1. The Balaban J connectivity index is 2.32. The van der Waals surface area contributed by atoms with Gasteiger partial charge in [0.1, 0.15) is 0 Å². The number of rotatable bonds is 5. The lowest BCUT2D eigenvalue weighted by molar-refractivity contribution is 0.0520. The summed E-state index contributed by atoms with van der Waals surface area (Å²) in [4.78, 5) is 24.0. The van der Waals surface area contributed by atoms with Gasteiger partial charge in [-0.2, -0.15) is 0 Å². The first-order valence-corrected chi connectivity index (χ1v) is 9.58. The molecule has 1 heterocycles. The standard InChI is InChI=1S/C13H12ClN3O5S2/c1-3-22-13(19)10-12(23-17-16-10)15-11(18)8-6-7(24(2,20)21)4-5-9(8)14/h4-6H,3H2,1-2H3,(H,15,18). The molecule has 0 fully saturated rings. The van der Waals surface area contributed by atoms with Gasteiger partial charge in [-0.05, 0) is 25.1 Å². The average molecular weight is 390 g/mol. The monoisotopic (exact) mass is 389 g/mol. The van der Waals surface area contributed by atoms with Crippen molar-refractivity contribution in [2.75, 3.05) is 18.2 Å². The smallest absolute Gasteiger partial charge is 0.362 e. The SMILES string of the molecule is CCOC(=O)c1nnsc1NC(=O)c1cc(S(C)(=O)=O)ccc1Cl. The highest BCUT2D eigenvalue weighted by molar-refractivity contribution is 7.90. The fourth-order valence-electron chi connectivity index (χ4n) is 1.69. The Labute approximate surface area is 146 Å². The second-order valence-corrected chi connectivity index (χ2v) is 7.72. The van der Waals surface area contributed by atoms with E-state index in [1.165, 1.54) is 12.1 Å². The van der Waals surface area contributed by atoms with Crippen molar-refractivity contribution in [1.29, 1.82) is 0 Å². The Hall–Kier alpha value is -2.04. The number of aromatic nitrogens is 2. The first kappa shape index (κ1) is 18.3. The van der Waals surface area contributed by atoms with Crippen molar-refractivity contribution >= 4 is 49.8 Å². The van der Waals surface area contributed by atoms with Crippen LogP contribution in [0.5, 0.6) is 0 Å². The van der Waals surface area contributed by atoms with Gasteiger partial charge in [-0.15, -0.1) is 5.10 Å². The maximum Gasteiger partial charge on any atom is 0.362 e. The third-order valence-electron chi connectivity index (χ3n) is 2.79. The van der Waals surface area contributed by atoms with Crippen LogP contribution in [0.15, 0.2) is 23.1 Å². The molecular weight excluding hydrogens is 378 g/mol. The predicted molar refractivity (Wildman–Crippen MR) is 88.4 cm³/mol. The van der Waals surface area contributed by atoms with Gasteiger partial charge in [-0.3, -0.25) is 4.79 Å². The zero-order valence-electron chi connectivity index (χ0n) is 12.6. The van der Waals surface area contributed by atoms with Gasteiger partial charge in [-0.1, -0.05) is 16.1 Å². The molecule has 128 valence electrons. The van der Waals surface area contributed by atoms with Gasteiger partial charge in [0, 0.05) is 17.8 Å². The van der Waals surface area contributed by atoms with Crippen LogP contribution in [-0.4, -0.2) is 42.7 Å². The number of halogens is 1. The van der Waals surface area contributed by atoms with Gasteiger partial charge in [-0.25, -0.2) is 13.2 Å². The minimum Gasteiger partial charge on any atom is -0.461 e. The number of nitrogens with zero attached hydrogens (tertiary/aromatic N) is 2. The molecule has 0 aliphatic rings. The van der Waals surface area contributed by atoms with Crippen LogP contribution in [0.3, 0.4) is 0 Å². The molecule has 24 heavy (non-hydrogen) atoms. The Kier molecular flexibility index (Phi) is 5.52. The van der Waals surface area contributed by atoms with Crippen LogP contribution in [0.25, 0.3) is 0 Å². The molecule has 1 aromatic heterocycles. The highest BCUT2D eigenvalue weighted by atomic mass is 35.5. The maximum absolute atomic E-state index is 12.4. The van der Waals surface area contributed by atoms with E-state index in [0.717, 1.165) is 23.9 Å². The van der Waals surface area contributed by atoms with E-state index in [0.29, 0.717) is 0 Å². The van der Waals surface area contributed by atoms with Crippen LogP contribution < -0.4 is 5.32 Å². The molecule has 2 aromatic rings. The summed E-state index contributed by atoms with van der Waals surface area (Å²) in [6, 6.07) is 3.77. The fourth-order valence-corrected chi connectivity index (χ4v) is 3.09. The Bertz CT molecular complexity index is 895. The summed E-state index contributed by atoms with van der Waals surface area (Å²) in [5, 5.41) is 6.20. The zero-order chi connectivity index (χ0) is 17.9. The van der Waals surface area contributed by atoms with Crippen LogP contribution in [0, 0.1) is 0 Å². The van der Waals surface area contributed by atoms with E-state index >= 15 is 0 Å². The van der Waals surface area contributed by atoms with E-state index in [9.17, 15) is 18.0 Å². The average Bonchev–Trinajstić information content (AvgIpc) is 2.94. The maximum atomic E-state index is 12.4. The summed E-state index contributed by atoms with van der Waals surface area (Å²) in [5.74, 6) is -1.42. The van der Waals surface area contributed by atoms with Crippen molar-refractivity contribution in [2.24, 2.45) is 0 Å². The molecule has 0 atom stereocenters. The number of benzene rings is 1. The number of nitrogens with one attached hydrogen (secondary N) is 1.